The predicted molar refractivity (Wildman–Crippen MR) is 88.6 cm³/mol. The highest BCUT2D eigenvalue weighted by Gasteiger charge is 2.17. The average Bonchev–Trinajstić information content (AvgIpc) is 2.92. The highest BCUT2D eigenvalue weighted by atomic mass is 32.2. The number of hydrogen-bond acceptors (Lipinski definition) is 5. The van der Waals surface area contributed by atoms with Crippen molar-refractivity contribution in [2.45, 2.75) is 17.3 Å². The summed E-state index contributed by atoms with van der Waals surface area (Å²) in [5.41, 5.74) is 1.56. The number of aromatic nitrogens is 2. The van der Waals surface area contributed by atoms with Crippen molar-refractivity contribution in [1.29, 1.82) is 0 Å². The van der Waals surface area contributed by atoms with Gasteiger partial charge in [-0.1, -0.05) is 42.1 Å². The second-order valence-electron chi connectivity index (χ2n) is 4.66. The molecule has 7 heteroatoms. The third-order valence-corrected chi connectivity index (χ3v) is 4.99. The van der Waals surface area contributed by atoms with E-state index in [0.717, 1.165) is 22.9 Å². The molecule has 1 unspecified atom stereocenters. The molecule has 2 N–H and O–H groups in total. The van der Waals surface area contributed by atoms with Gasteiger partial charge in [0.15, 0.2) is 5.16 Å². The summed E-state index contributed by atoms with van der Waals surface area (Å²) in [5, 5.41) is 11.0. The number of H-pyrrole nitrogens is 1. The number of benzene rings is 1. The fourth-order valence-corrected chi connectivity index (χ4v) is 3.77. The molecule has 0 aliphatic carbocycles. The van der Waals surface area contributed by atoms with Gasteiger partial charge in [-0.3, -0.25) is 9.59 Å². The van der Waals surface area contributed by atoms with Crippen molar-refractivity contribution in [2.75, 3.05) is 0 Å². The Morgan fingerprint density at radius 2 is 2.09 bits per heavy atom. The number of hydrogen-bond donors (Lipinski definition) is 2. The summed E-state index contributed by atoms with van der Waals surface area (Å²) in [6.07, 6.45) is 0. The summed E-state index contributed by atoms with van der Waals surface area (Å²) >= 11 is 2.41. The van der Waals surface area contributed by atoms with Crippen molar-refractivity contribution in [3.63, 3.8) is 0 Å². The molecular weight excluding hydrogens is 320 g/mol. The summed E-state index contributed by atoms with van der Waals surface area (Å²) < 4.78 is 0. The van der Waals surface area contributed by atoms with E-state index < -0.39 is 11.2 Å². The van der Waals surface area contributed by atoms with Crippen LogP contribution < -0.4 is 5.56 Å². The van der Waals surface area contributed by atoms with Gasteiger partial charge < -0.3 is 10.1 Å². The summed E-state index contributed by atoms with van der Waals surface area (Å²) in [4.78, 5) is 30.9. The lowest BCUT2D eigenvalue weighted by Gasteiger charge is -2.05. The molecule has 22 heavy (non-hydrogen) atoms. The van der Waals surface area contributed by atoms with Crippen molar-refractivity contribution in [2.24, 2.45) is 0 Å². The Balaban J connectivity index is 2.07. The maximum atomic E-state index is 12.4. The van der Waals surface area contributed by atoms with Gasteiger partial charge in [0.05, 0.1) is 5.39 Å². The van der Waals surface area contributed by atoms with Gasteiger partial charge >= 0.3 is 5.97 Å². The van der Waals surface area contributed by atoms with Crippen LogP contribution in [0.2, 0.25) is 0 Å². The van der Waals surface area contributed by atoms with Crippen LogP contribution in [0.4, 0.5) is 0 Å². The summed E-state index contributed by atoms with van der Waals surface area (Å²) in [5.74, 6) is -0.941. The quantitative estimate of drug-likeness (QED) is 0.566. The van der Waals surface area contributed by atoms with E-state index in [2.05, 4.69) is 9.97 Å². The van der Waals surface area contributed by atoms with Gasteiger partial charge in [0, 0.05) is 10.9 Å². The minimum absolute atomic E-state index is 0.245. The largest absolute Gasteiger partial charge is 0.480 e. The van der Waals surface area contributed by atoms with Crippen molar-refractivity contribution >= 4 is 39.3 Å². The van der Waals surface area contributed by atoms with Crippen molar-refractivity contribution in [3.05, 3.63) is 46.1 Å². The molecule has 112 valence electrons. The number of nitrogens with one attached hydrogen (secondary N) is 1. The molecule has 1 aromatic carbocycles. The first-order chi connectivity index (χ1) is 10.6. The highest BCUT2D eigenvalue weighted by Crippen LogP contribution is 2.31. The standard InChI is InChI=1S/C15H12N2O3S2/c1-8(14(19)20)22-15-16-12(18)11-10(7-21-13(11)17-15)9-5-3-2-4-6-9/h2-8H,1H3,(H,19,20)(H,16,17,18). The molecule has 0 aliphatic rings. The van der Waals surface area contributed by atoms with E-state index in [1.54, 1.807) is 6.92 Å². The molecule has 3 rings (SSSR count). The first kappa shape index (κ1) is 14.8. The van der Waals surface area contributed by atoms with E-state index >= 15 is 0 Å². The lowest BCUT2D eigenvalue weighted by molar-refractivity contribution is -0.136. The van der Waals surface area contributed by atoms with Crippen LogP contribution in [-0.2, 0) is 4.79 Å². The monoisotopic (exact) mass is 332 g/mol. The van der Waals surface area contributed by atoms with E-state index in [-0.39, 0.29) is 5.56 Å². The lowest BCUT2D eigenvalue weighted by Crippen LogP contribution is -2.14. The zero-order valence-electron chi connectivity index (χ0n) is 11.6. The van der Waals surface area contributed by atoms with Gasteiger partial charge in [-0.15, -0.1) is 11.3 Å². The molecule has 0 fully saturated rings. The van der Waals surface area contributed by atoms with Crippen LogP contribution in [0.25, 0.3) is 21.3 Å². The molecule has 2 aromatic heterocycles. The summed E-state index contributed by atoms with van der Waals surface area (Å²) in [6.45, 7) is 1.56. The van der Waals surface area contributed by atoms with Crippen LogP contribution in [-0.4, -0.2) is 26.3 Å². The van der Waals surface area contributed by atoms with Crippen LogP contribution >= 0.6 is 23.1 Å². The number of rotatable bonds is 4. The number of aromatic amines is 1. The Bertz CT molecular complexity index is 887. The summed E-state index contributed by atoms with van der Waals surface area (Å²) in [7, 11) is 0. The smallest absolute Gasteiger partial charge is 0.316 e. The molecule has 1 atom stereocenters. The molecule has 0 bridgehead atoms. The number of thioether (sulfide) groups is 1. The normalized spacial score (nSPS) is 12.4. The number of carboxylic acid groups (broad SMARTS) is 1. The Morgan fingerprint density at radius 3 is 2.77 bits per heavy atom. The zero-order chi connectivity index (χ0) is 15.7. The number of carboxylic acids is 1. The number of thiophene rings is 1. The van der Waals surface area contributed by atoms with Gasteiger partial charge in [-0.2, -0.15) is 0 Å². The maximum Gasteiger partial charge on any atom is 0.316 e. The highest BCUT2D eigenvalue weighted by molar-refractivity contribution is 8.00. The number of fused-ring (bicyclic) bond motifs is 1. The molecule has 0 spiro atoms. The Kier molecular flexibility index (Phi) is 4.00. The first-order valence-corrected chi connectivity index (χ1v) is 8.28. The zero-order valence-corrected chi connectivity index (χ0v) is 13.2. The van der Waals surface area contributed by atoms with E-state index in [1.165, 1.54) is 11.3 Å². The Labute approximate surface area is 134 Å². The Hall–Kier alpha value is -2.12. The fourth-order valence-electron chi connectivity index (χ4n) is 2.03. The molecule has 3 aromatic rings. The van der Waals surface area contributed by atoms with E-state index in [9.17, 15) is 9.59 Å². The van der Waals surface area contributed by atoms with E-state index in [0.29, 0.717) is 15.4 Å². The lowest BCUT2D eigenvalue weighted by atomic mass is 10.1. The number of carbonyl (C=O) groups is 1. The second-order valence-corrected chi connectivity index (χ2v) is 6.85. The van der Waals surface area contributed by atoms with Crippen molar-refractivity contribution in [1.82, 2.24) is 9.97 Å². The molecule has 0 saturated carbocycles. The third-order valence-electron chi connectivity index (χ3n) is 3.14. The summed E-state index contributed by atoms with van der Waals surface area (Å²) in [6, 6.07) is 9.63. The van der Waals surface area contributed by atoms with Crippen molar-refractivity contribution < 1.29 is 9.90 Å². The topological polar surface area (TPSA) is 83.0 Å². The Morgan fingerprint density at radius 1 is 1.36 bits per heavy atom. The van der Waals surface area contributed by atoms with Crippen LogP contribution in [0.5, 0.6) is 0 Å². The van der Waals surface area contributed by atoms with Crippen LogP contribution in [0.15, 0.2) is 45.7 Å². The molecule has 0 aliphatic heterocycles. The van der Waals surface area contributed by atoms with Crippen LogP contribution in [0.1, 0.15) is 6.92 Å². The van der Waals surface area contributed by atoms with Gasteiger partial charge in [0.1, 0.15) is 10.1 Å². The molecule has 5 nitrogen and oxygen atoms in total. The molecular formula is C15H12N2O3S2. The molecule has 0 amide bonds. The third kappa shape index (κ3) is 2.77. The molecule has 2 heterocycles. The van der Waals surface area contributed by atoms with Gasteiger partial charge in [0.25, 0.3) is 5.56 Å². The molecule has 0 radical (unpaired) electrons. The minimum atomic E-state index is -0.941. The number of nitrogens with zero attached hydrogens (tertiary/aromatic N) is 1. The first-order valence-electron chi connectivity index (χ1n) is 6.52. The SMILES string of the molecule is CC(Sc1nc2scc(-c3ccccc3)c2c(=O)[nH]1)C(=O)O. The van der Waals surface area contributed by atoms with Crippen molar-refractivity contribution in [3.8, 4) is 11.1 Å². The van der Waals surface area contributed by atoms with Crippen LogP contribution in [0, 0.1) is 0 Å². The maximum absolute atomic E-state index is 12.4. The van der Waals surface area contributed by atoms with E-state index in [1.807, 2.05) is 35.7 Å². The van der Waals surface area contributed by atoms with E-state index in [4.69, 9.17) is 5.11 Å². The molecule has 0 saturated heterocycles. The van der Waals surface area contributed by atoms with Gasteiger partial charge in [0.2, 0.25) is 0 Å². The predicted octanol–water partition coefficient (Wildman–Crippen LogP) is 3.22. The van der Waals surface area contributed by atoms with Crippen LogP contribution in [0.3, 0.4) is 0 Å². The second kappa shape index (κ2) is 5.94. The van der Waals surface area contributed by atoms with Gasteiger partial charge in [-0.25, -0.2) is 4.98 Å². The minimum Gasteiger partial charge on any atom is -0.480 e. The number of aliphatic carboxylic acids is 1. The average molecular weight is 332 g/mol. The fraction of sp³-hybridized carbons (Fsp3) is 0.133. The van der Waals surface area contributed by atoms with Gasteiger partial charge in [-0.05, 0) is 12.5 Å².